The van der Waals surface area contributed by atoms with Crippen molar-refractivity contribution in [1.82, 2.24) is 10.2 Å². The molecule has 1 N–H and O–H groups in total. The molecule has 0 saturated carbocycles. The number of rotatable bonds is 1. The number of nitrogens with one attached hydrogen (secondary N) is 1. The molecular formula is C15H20N2OS. The lowest BCUT2D eigenvalue weighted by molar-refractivity contribution is 0.0698. The van der Waals surface area contributed by atoms with Crippen LogP contribution in [0, 0.1) is 0 Å². The Bertz CT molecular complexity index is 503. The van der Waals surface area contributed by atoms with Crippen molar-refractivity contribution in [2.45, 2.75) is 38.2 Å². The van der Waals surface area contributed by atoms with Crippen molar-refractivity contribution in [2.75, 3.05) is 12.3 Å². The van der Waals surface area contributed by atoms with Gasteiger partial charge in [-0.1, -0.05) is 13.0 Å². The molecule has 0 bridgehead atoms. The minimum atomic E-state index is 0.189. The summed E-state index contributed by atoms with van der Waals surface area (Å²) < 4.78 is 0. The highest BCUT2D eigenvalue weighted by Crippen LogP contribution is 2.26. The Balaban J connectivity index is 1.83. The average Bonchev–Trinajstić information content (AvgIpc) is 2.88. The summed E-state index contributed by atoms with van der Waals surface area (Å²) in [4.78, 5) is 14.7. The normalized spacial score (nSPS) is 26.3. The molecule has 1 aromatic rings. The number of hydrogen-bond acceptors (Lipinski definition) is 3. The van der Waals surface area contributed by atoms with E-state index in [9.17, 15) is 4.79 Å². The standard InChI is InChI=1S/C15H20N2OS/c1-10-11(2)19-6-5-17(10)15(18)12-3-4-13-8-16-9-14(13)7-12/h3-4,7,10-11,16H,5-6,8-9H2,1-2H3. The summed E-state index contributed by atoms with van der Waals surface area (Å²) in [6.07, 6.45) is 0. The molecule has 0 radical (unpaired) electrons. The van der Waals surface area contributed by atoms with Gasteiger partial charge in [0.1, 0.15) is 0 Å². The molecule has 2 aliphatic heterocycles. The molecule has 3 rings (SSSR count). The second kappa shape index (κ2) is 5.17. The van der Waals surface area contributed by atoms with Crippen molar-refractivity contribution in [3.63, 3.8) is 0 Å². The third kappa shape index (κ3) is 2.39. The molecule has 0 spiro atoms. The highest BCUT2D eigenvalue weighted by Gasteiger charge is 2.29. The predicted molar refractivity (Wildman–Crippen MR) is 79.4 cm³/mol. The van der Waals surface area contributed by atoms with Gasteiger partial charge in [0.05, 0.1) is 0 Å². The molecule has 1 amide bonds. The number of hydrogen-bond donors (Lipinski definition) is 1. The zero-order valence-corrected chi connectivity index (χ0v) is 12.3. The molecule has 19 heavy (non-hydrogen) atoms. The largest absolute Gasteiger partial charge is 0.334 e. The van der Waals surface area contributed by atoms with E-state index >= 15 is 0 Å². The second-order valence-corrected chi connectivity index (χ2v) is 6.89. The Labute approximate surface area is 118 Å². The third-order valence-corrected chi connectivity index (χ3v) is 5.57. The molecule has 2 atom stereocenters. The number of carbonyl (C=O) groups is 1. The topological polar surface area (TPSA) is 32.3 Å². The Hall–Kier alpha value is -1.00. The number of thioether (sulfide) groups is 1. The van der Waals surface area contributed by atoms with Gasteiger partial charge in [0.2, 0.25) is 0 Å². The maximum absolute atomic E-state index is 12.7. The van der Waals surface area contributed by atoms with Crippen LogP contribution in [0.2, 0.25) is 0 Å². The SMILES string of the molecule is CC1SCCN(C(=O)c2ccc3c(c2)CNC3)C1C. The minimum Gasteiger partial charge on any atom is -0.334 e. The fourth-order valence-electron chi connectivity index (χ4n) is 2.81. The van der Waals surface area contributed by atoms with E-state index in [1.54, 1.807) is 0 Å². The zero-order valence-electron chi connectivity index (χ0n) is 11.5. The molecule has 102 valence electrons. The smallest absolute Gasteiger partial charge is 0.254 e. The zero-order chi connectivity index (χ0) is 13.4. The predicted octanol–water partition coefficient (Wildman–Crippen LogP) is 2.26. The molecule has 0 aliphatic carbocycles. The van der Waals surface area contributed by atoms with Crippen LogP contribution >= 0.6 is 11.8 Å². The van der Waals surface area contributed by atoms with Gasteiger partial charge in [0, 0.05) is 42.2 Å². The van der Waals surface area contributed by atoms with Crippen LogP contribution in [0.25, 0.3) is 0 Å². The van der Waals surface area contributed by atoms with Gasteiger partial charge in [-0.05, 0) is 30.2 Å². The first-order chi connectivity index (χ1) is 9.16. The summed E-state index contributed by atoms with van der Waals surface area (Å²) in [7, 11) is 0. The number of benzene rings is 1. The lowest BCUT2D eigenvalue weighted by Gasteiger charge is -2.37. The summed E-state index contributed by atoms with van der Waals surface area (Å²) in [5, 5.41) is 3.84. The fourth-order valence-corrected chi connectivity index (χ4v) is 3.91. The highest BCUT2D eigenvalue weighted by atomic mass is 32.2. The van der Waals surface area contributed by atoms with Gasteiger partial charge >= 0.3 is 0 Å². The molecule has 2 heterocycles. The Morgan fingerprint density at radius 3 is 2.95 bits per heavy atom. The molecule has 3 nitrogen and oxygen atoms in total. The molecular weight excluding hydrogens is 256 g/mol. The first kappa shape index (κ1) is 13.0. The van der Waals surface area contributed by atoms with Crippen molar-refractivity contribution >= 4 is 17.7 Å². The van der Waals surface area contributed by atoms with Crippen molar-refractivity contribution < 1.29 is 4.79 Å². The van der Waals surface area contributed by atoms with Crippen LogP contribution in [0.4, 0.5) is 0 Å². The van der Waals surface area contributed by atoms with Gasteiger partial charge in [-0.15, -0.1) is 0 Å². The number of nitrogens with zero attached hydrogens (tertiary/aromatic N) is 1. The van der Waals surface area contributed by atoms with Crippen LogP contribution in [0.3, 0.4) is 0 Å². The first-order valence-corrected chi connectivity index (χ1v) is 7.97. The molecule has 2 aliphatic rings. The van der Waals surface area contributed by atoms with Crippen molar-refractivity contribution in [1.29, 1.82) is 0 Å². The number of amides is 1. The van der Waals surface area contributed by atoms with Crippen molar-refractivity contribution in [3.05, 3.63) is 34.9 Å². The van der Waals surface area contributed by atoms with Gasteiger partial charge in [0.15, 0.2) is 0 Å². The first-order valence-electron chi connectivity index (χ1n) is 6.92. The van der Waals surface area contributed by atoms with Crippen molar-refractivity contribution in [2.24, 2.45) is 0 Å². The van der Waals surface area contributed by atoms with E-state index in [0.29, 0.717) is 11.3 Å². The Morgan fingerprint density at radius 1 is 1.32 bits per heavy atom. The van der Waals surface area contributed by atoms with Gasteiger partial charge in [-0.2, -0.15) is 11.8 Å². The fraction of sp³-hybridized carbons (Fsp3) is 0.533. The van der Waals surface area contributed by atoms with Gasteiger partial charge in [-0.25, -0.2) is 0 Å². The van der Waals surface area contributed by atoms with Crippen LogP contribution in [-0.2, 0) is 13.1 Å². The van der Waals surface area contributed by atoms with Gasteiger partial charge < -0.3 is 10.2 Å². The Morgan fingerprint density at radius 2 is 2.11 bits per heavy atom. The maximum Gasteiger partial charge on any atom is 0.254 e. The van der Waals surface area contributed by atoms with E-state index in [-0.39, 0.29) is 5.91 Å². The van der Waals surface area contributed by atoms with E-state index in [2.05, 4.69) is 31.3 Å². The van der Waals surface area contributed by atoms with E-state index in [0.717, 1.165) is 31.0 Å². The van der Waals surface area contributed by atoms with Crippen molar-refractivity contribution in [3.8, 4) is 0 Å². The lowest BCUT2D eigenvalue weighted by Crippen LogP contribution is -2.47. The summed E-state index contributed by atoms with van der Waals surface area (Å²) in [6, 6.07) is 6.46. The Kier molecular flexibility index (Phi) is 3.54. The van der Waals surface area contributed by atoms with E-state index < -0.39 is 0 Å². The van der Waals surface area contributed by atoms with E-state index in [1.807, 2.05) is 22.7 Å². The van der Waals surface area contributed by atoms with Crippen LogP contribution < -0.4 is 5.32 Å². The number of fused-ring (bicyclic) bond motifs is 1. The summed E-state index contributed by atoms with van der Waals surface area (Å²) in [5.41, 5.74) is 3.44. The molecule has 4 heteroatoms. The lowest BCUT2D eigenvalue weighted by atomic mass is 10.0. The van der Waals surface area contributed by atoms with E-state index in [4.69, 9.17) is 0 Å². The van der Waals surface area contributed by atoms with Crippen LogP contribution in [0.5, 0.6) is 0 Å². The highest BCUT2D eigenvalue weighted by molar-refractivity contribution is 8.00. The van der Waals surface area contributed by atoms with Crippen LogP contribution in [0.15, 0.2) is 18.2 Å². The quantitative estimate of drug-likeness (QED) is 0.854. The molecule has 1 aromatic carbocycles. The monoisotopic (exact) mass is 276 g/mol. The molecule has 2 unspecified atom stereocenters. The summed E-state index contributed by atoms with van der Waals surface area (Å²) >= 11 is 1.96. The van der Waals surface area contributed by atoms with Crippen LogP contribution in [0.1, 0.15) is 35.3 Å². The summed E-state index contributed by atoms with van der Waals surface area (Å²) in [5.74, 6) is 1.23. The maximum atomic E-state index is 12.7. The minimum absolute atomic E-state index is 0.189. The average molecular weight is 276 g/mol. The third-order valence-electron chi connectivity index (χ3n) is 4.23. The van der Waals surface area contributed by atoms with Crippen LogP contribution in [-0.4, -0.2) is 34.4 Å². The second-order valence-electron chi connectivity index (χ2n) is 5.40. The summed E-state index contributed by atoms with van der Waals surface area (Å²) in [6.45, 7) is 7.05. The van der Waals surface area contributed by atoms with E-state index in [1.165, 1.54) is 11.1 Å². The van der Waals surface area contributed by atoms with Gasteiger partial charge in [-0.3, -0.25) is 4.79 Å². The number of carbonyl (C=O) groups excluding carboxylic acids is 1. The molecule has 0 aromatic heterocycles. The molecule has 1 saturated heterocycles. The van der Waals surface area contributed by atoms with Gasteiger partial charge in [0.25, 0.3) is 5.91 Å². The molecule has 1 fully saturated rings.